The highest BCUT2D eigenvalue weighted by atomic mass is 19.4. The number of ether oxygens (including phenoxy) is 1. The summed E-state index contributed by atoms with van der Waals surface area (Å²) in [4.78, 5) is 0. The maximum atomic E-state index is 12.8. The third kappa shape index (κ3) is 1.55. The lowest BCUT2D eigenvalue weighted by Crippen LogP contribution is -2.20. The van der Waals surface area contributed by atoms with E-state index < -0.39 is 24.0 Å². The van der Waals surface area contributed by atoms with E-state index >= 15 is 0 Å². The predicted octanol–water partition coefficient (Wildman–Crippen LogP) is 2.78. The van der Waals surface area contributed by atoms with Gasteiger partial charge in [0.1, 0.15) is 5.82 Å². The quantitative estimate of drug-likeness (QED) is 0.668. The summed E-state index contributed by atoms with van der Waals surface area (Å²) in [7, 11) is 0. The summed E-state index contributed by atoms with van der Waals surface area (Å²) in [6.45, 7) is 0. The van der Waals surface area contributed by atoms with Gasteiger partial charge in [0.25, 0.3) is 0 Å². The predicted molar refractivity (Wildman–Crippen MR) is 43.1 cm³/mol. The molecule has 2 rings (SSSR count). The molecule has 80 valence electrons. The van der Waals surface area contributed by atoms with Gasteiger partial charge in [-0.2, -0.15) is 13.2 Å². The molecule has 15 heavy (non-hydrogen) atoms. The molecule has 1 aliphatic heterocycles. The number of halogens is 4. The molecule has 0 spiro atoms. The van der Waals surface area contributed by atoms with E-state index in [1.807, 2.05) is 0 Å². The van der Waals surface area contributed by atoms with Crippen LogP contribution in [0.2, 0.25) is 0 Å². The Kier molecular flexibility index (Phi) is 1.95. The molecule has 1 unspecified atom stereocenters. The van der Waals surface area contributed by atoms with Crippen LogP contribution in [0.3, 0.4) is 0 Å². The summed E-state index contributed by atoms with van der Waals surface area (Å²) in [5.41, 5.74) is -0.355. The van der Waals surface area contributed by atoms with E-state index in [-0.39, 0.29) is 11.1 Å². The zero-order valence-corrected chi connectivity index (χ0v) is 7.23. The first kappa shape index (κ1) is 9.95. The van der Waals surface area contributed by atoms with Gasteiger partial charge in [0.15, 0.2) is 0 Å². The highest BCUT2D eigenvalue weighted by molar-refractivity contribution is 5.96. The first-order valence-corrected chi connectivity index (χ1v) is 4.01. The van der Waals surface area contributed by atoms with E-state index in [2.05, 4.69) is 4.74 Å². The summed E-state index contributed by atoms with van der Waals surface area (Å²) in [5.74, 6) is -1.35. The molecule has 1 aromatic rings. The standard InChI is InChI=1S/C9H5F4NO/c10-4-1-2-5-6(3-4)7(9(11,12)13)15-8(5)14/h1-3,7,14H. The number of rotatable bonds is 0. The molecular formula is C9H5F4NO. The summed E-state index contributed by atoms with van der Waals surface area (Å²) in [6.07, 6.45) is -6.86. The first-order valence-electron chi connectivity index (χ1n) is 4.01. The SMILES string of the molecule is N=C1OC(C(F)(F)F)c2cc(F)ccc21. The minimum absolute atomic E-state index is 0.0151. The Labute approximate surface area is 82.0 Å². The lowest BCUT2D eigenvalue weighted by Gasteiger charge is -2.14. The second-order valence-electron chi connectivity index (χ2n) is 3.10. The van der Waals surface area contributed by atoms with Crippen molar-refractivity contribution in [3.8, 4) is 0 Å². The number of benzene rings is 1. The van der Waals surface area contributed by atoms with Crippen LogP contribution in [0.4, 0.5) is 17.6 Å². The Morgan fingerprint density at radius 3 is 2.53 bits per heavy atom. The largest absolute Gasteiger partial charge is 0.460 e. The van der Waals surface area contributed by atoms with Crippen molar-refractivity contribution >= 4 is 5.90 Å². The fraction of sp³-hybridized carbons (Fsp3) is 0.222. The highest BCUT2D eigenvalue weighted by Gasteiger charge is 2.48. The Hall–Kier alpha value is -1.59. The van der Waals surface area contributed by atoms with E-state index in [1.54, 1.807) is 0 Å². The molecule has 0 amide bonds. The summed E-state index contributed by atoms with van der Waals surface area (Å²) < 4.78 is 54.3. The maximum absolute atomic E-state index is 12.8. The van der Waals surface area contributed by atoms with Crippen LogP contribution in [-0.2, 0) is 4.74 Å². The number of fused-ring (bicyclic) bond motifs is 1. The van der Waals surface area contributed by atoms with E-state index in [0.717, 1.165) is 18.2 Å². The Balaban J connectivity index is 2.53. The van der Waals surface area contributed by atoms with Crippen LogP contribution < -0.4 is 0 Å². The summed E-state index contributed by atoms with van der Waals surface area (Å²) in [5, 5.41) is 7.17. The lowest BCUT2D eigenvalue weighted by atomic mass is 10.0. The number of hydrogen-bond acceptors (Lipinski definition) is 2. The van der Waals surface area contributed by atoms with Gasteiger partial charge < -0.3 is 4.74 Å². The average molecular weight is 219 g/mol. The Bertz CT molecular complexity index is 427. The molecule has 0 radical (unpaired) electrons. The van der Waals surface area contributed by atoms with E-state index in [9.17, 15) is 17.6 Å². The maximum Gasteiger partial charge on any atom is 0.429 e. The zero-order valence-electron chi connectivity index (χ0n) is 7.23. The monoisotopic (exact) mass is 219 g/mol. The average Bonchev–Trinajstić information content (AvgIpc) is 2.42. The van der Waals surface area contributed by atoms with Crippen molar-refractivity contribution in [2.45, 2.75) is 12.3 Å². The van der Waals surface area contributed by atoms with Crippen LogP contribution in [0.15, 0.2) is 18.2 Å². The fourth-order valence-corrected chi connectivity index (χ4v) is 1.45. The third-order valence-corrected chi connectivity index (χ3v) is 2.07. The zero-order chi connectivity index (χ0) is 11.2. The molecular weight excluding hydrogens is 214 g/mol. The molecule has 2 nitrogen and oxygen atoms in total. The van der Waals surface area contributed by atoms with Crippen molar-refractivity contribution in [3.63, 3.8) is 0 Å². The smallest absolute Gasteiger partial charge is 0.429 e. The van der Waals surface area contributed by atoms with E-state index in [4.69, 9.17) is 5.41 Å². The van der Waals surface area contributed by atoms with Gasteiger partial charge in [0.2, 0.25) is 12.0 Å². The molecule has 1 heterocycles. The summed E-state index contributed by atoms with van der Waals surface area (Å²) >= 11 is 0. The van der Waals surface area contributed by atoms with Crippen molar-refractivity contribution in [2.24, 2.45) is 0 Å². The van der Waals surface area contributed by atoms with Crippen LogP contribution in [0.5, 0.6) is 0 Å². The molecule has 0 bridgehead atoms. The van der Waals surface area contributed by atoms with Gasteiger partial charge in [0, 0.05) is 11.1 Å². The molecule has 0 fully saturated rings. The molecule has 0 saturated heterocycles. The van der Waals surface area contributed by atoms with Crippen molar-refractivity contribution in [2.75, 3.05) is 0 Å². The van der Waals surface area contributed by atoms with E-state index in [1.165, 1.54) is 0 Å². The molecule has 1 atom stereocenters. The molecule has 1 aliphatic rings. The Morgan fingerprint density at radius 1 is 1.27 bits per heavy atom. The Morgan fingerprint density at radius 2 is 1.93 bits per heavy atom. The van der Waals surface area contributed by atoms with Gasteiger partial charge in [-0.15, -0.1) is 0 Å². The van der Waals surface area contributed by atoms with Crippen molar-refractivity contribution in [1.29, 1.82) is 5.41 Å². The van der Waals surface area contributed by atoms with Crippen molar-refractivity contribution in [1.82, 2.24) is 0 Å². The van der Waals surface area contributed by atoms with Gasteiger partial charge in [-0.05, 0) is 18.2 Å². The van der Waals surface area contributed by atoms with Gasteiger partial charge >= 0.3 is 6.18 Å². The van der Waals surface area contributed by atoms with Crippen LogP contribution in [0.25, 0.3) is 0 Å². The normalized spacial score (nSPS) is 20.0. The minimum atomic E-state index is -4.63. The van der Waals surface area contributed by atoms with Crippen molar-refractivity contribution < 1.29 is 22.3 Å². The molecule has 1 aromatic carbocycles. The molecule has 1 N–H and O–H groups in total. The fourth-order valence-electron chi connectivity index (χ4n) is 1.45. The molecule has 0 aromatic heterocycles. The second kappa shape index (κ2) is 2.95. The topological polar surface area (TPSA) is 33.1 Å². The van der Waals surface area contributed by atoms with Crippen LogP contribution in [-0.4, -0.2) is 12.1 Å². The third-order valence-electron chi connectivity index (χ3n) is 2.07. The molecule has 0 aliphatic carbocycles. The summed E-state index contributed by atoms with van der Waals surface area (Å²) in [6, 6.07) is 2.85. The van der Waals surface area contributed by atoms with Crippen LogP contribution in [0, 0.1) is 11.2 Å². The van der Waals surface area contributed by atoms with Gasteiger partial charge in [-0.3, -0.25) is 5.41 Å². The molecule has 0 saturated carbocycles. The van der Waals surface area contributed by atoms with Gasteiger partial charge in [-0.1, -0.05) is 0 Å². The minimum Gasteiger partial charge on any atom is -0.460 e. The van der Waals surface area contributed by atoms with Crippen molar-refractivity contribution in [3.05, 3.63) is 35.1 Å². The number of alkyl halides is 3. The number of nitrogens with one attached hydrogen (secondary N) is 1. The second-order valence-corrected chi connectivity index (χ2v) is 3.10. The number of hydrogen-bond donors (Lipinski definition) is 1. The van der Waals surface area contributed by atoms with Crippen LogP contribution in [0.1, 0.15) is 17.2 Å². The lowest BCUT2D eigenvalue weighted by molar-refractivity contribution is -0.198. The molecule has 6 heteroatoms. The van der Waals surface area contributed by atoms with Crippen LogP contribution >= 0.6 is 0 Å². The van der Waals surface area contributed by atoms with Gasteiger partial charge in [-0.25, -0.2) is 4.39 Å². The van der Waals surface area contributed by atoms with Gasteiger partial charge in [0.05, 0.1) is 0 Å². The first-order chi connectivity index (χ1) is 6.89. The highest BCUT2D eigenvalue weighted by Crippen LogP contribution is 2.42. The van der Waals surface area contributed by atoms with E-state index in [0.29, 0.717) is 0 Å².